The highest BCUT2D eigenvalue weighted by molar-refractivity contribution is 7.80. The molecule has 4 N–H and O–H groups in total. The summed E-state index contributed by atoms with van der Waals surface area (Å²) in [4.78, 5) is 0. The molecule has 0 aromatic heterocycles. The van der Waals surface area contributed by atoms with E-state index in [4.69, 9.17) is 36.0 Å². The van der Waals surface area contributed by atoms with Crippen LogP contribution >= 0.6 is 36.0 Å². The fourth-order valence-electron chi connectivity index (χ4n) is 1.99. The topological polar surface area (TPSA) is 51.4 Å². The molecular formula is C13H18ClN5S2. The highest BCUT2D eigenvalue weighted by Crippen LogP contribution is 2.13. The molecule has 1 aliphatic rings. The van der Waals surface area contributed by atoms with Gasteiger partial charge in [0.2, 0.25) is 0 Å². The van der Waals surface area contributed by atoms with E-state index < -0.39 is 0 Å². The minimum absolute atomic E-state index is 0.431. The zero-order chi connectivity index (χ0) is 15.1. The Morgan fingerprint density at radius 3 is 2.24 bits per heavy atom. The van der Waals surface area contributed by atoms with Crippen molar-refractivity contribution < 1.29 is 0 Å². The summed E-state index contributed by atoms with van der Waals surface area (Å²) in [5.74, 6) is 0. The van der Waals surface area contributed by atoms with E-state index >= 15 is 0 Å². The van der Waals surface area contributed by atoms with Crippen LogP contribution in [0.1, 0.15) is 19.3 Å². The van der Waals surface area contributed by atoms with E-state index in [1.807, 2.05) is 12.1 Å². The van der Waals surface area contributed by atoms with Crippen molar-refractivity contribution in [3.8, 4) is 0 Å². The third kappa shape index (κ3) is 6.01. The third-order valence-corrected chi connectivity index (χ3v) is 3.66. The Morgan fingerprint density at radius 1 is 0.952 bits per heavy atom. The maximum Gasteiger partial charge on any atom is 0.199 e. The summed E-state index contributed by atoms with van der Waals surface area (Å²) in [7, 11) is 0. The molecule has 21 heavy (non-hydrogen) atoms. The number of rotatable bonds is 2. The first-order valence-electron chi connectivity index (χ1n) is 6.77. The van der Waals surface area contributed by atoms with E-state index in [1.54, 1.807) is 12.1 Å². The smallest absolute Gasteiger partial charge is 0.199 e. The number of anilines is 1. The number of hydrogen-bond acceptors (Lipinski definition) is 3. The number of thiocarbonyl (C=S) groups is 2. The van der Waals surface area contributed by atoms with E-state index in [2.05, 4.69) is 26.6 Å². The number of hydrazine groups is 2. The summed E-state index contributed by atoms with van der Waals surface area (Å²) >= 11 is 16.2. The predicted molar refractivity (Wildman–Crippen MR) is 95.1 cm³/mol. The molecule has 0 amide bonds. The minimum Gasteiger partial charge on any atom is -0.331 e. The van der Waals surface area contributed by atoms with Gasteiger partial charge in [0.1, 0.15) is 0 Å². The molecule has 1 aromatic rings. The molecule has 0 aliphatic carbocycles. The average molecular weight is 344 g/mol. The van der Waals surface area contributed by atoms with Crippen molar-refractivity contribution in [3.63, 3.8) is 0 Å². The van der Waals surface area contributed by atoms with Gasteiger partial charge in [0, 0.05) is 23.8 Å². The number of nitrogens with zero attached hydrogens (tertiary/aromatic N) is 1. The lowest BCUT2D eigenvalue weighted by Gasteiger charge is -2.28. The lowest BCUT2D eigenvalue weighted by Crippen LogP contribution is -2.54. The molecule has 1 saturated heterocycles. The Morgan fingerprint density at radius 2 is 1.57 bits per heavy atom. The summed E-state index contributed by atoms with van der Waals surface area (Å²) in [6.45, 7) is 2.02. The number of hydrogen-bond donors (Lipinski definition) is 4. The van der Waals surface area contributed by atoms with Crippen LogP contribution in [0.4, 0.5) is 5.69 Å². The van der Waals surface area contributed by atoms with Gasteiger partial charge in [-0.1, -0.05) is 18.0 Å². The molecule has 0 unspecified atom stereocenters. The summed E-state index contributed by atoms with van der Waals surface area (Å²) < 4.78 is 0. The maximum absolute atomic E-state index is 5.82. The van der Waals surface area contributed by atoms with Crippen molar-refractivity contribution in [2.45, 2.75) is 19.3 Å². The Labute approximate surface area is 140 Å². The van der Waals surface area contributed by atoms with Crippen LogP contribution in [0.2, 0.25) is 5.02 Å². The Kier molecular flexibility index (Phi) is 6.44. The molecule has 0 spiro atoms. The molecule has 1 aromatic carbocycles. The van der Waals surface area contributed by atoms with Gasteiger partial charge in [0.25, 0.3) is 0 Å². The van der Waals surface area contributed by atoms with Gasteiger partial charge in [-0.15, -0.1) is 0 Å². The average Bonchev–Trinajstić information content (AvgIpc) is 2.49. The zero-order valence-corrected chi connectivity index (χ0v) is 13.9. The number of halogens is 1. The van der Waals surface area contributed by atoms with Crippen molar-refractivity contribution in [1.29, 1.82) is 0 Å². The first kappa shape index (κ1) is 16.2. The second kappa shape index (κ2) is 8.33. The molecule has 0 saturated carbocycles. The molecule has 8 heteroatoms. The van der Waals surface area contributed by atoms with Crippen LogP contribution in [0, 0.1) is 0 Å². The monoisotopic (exact) mass is 343 g/mol. The van der Waals surface area contributed by atoms with Crippen LogP contribution in [0.5, 0.6) is 0 Å². The van der Waals surface area contributed by atoms with Crippen LogP contribution < -0.4 is 21.6 Å². The Hall–Kier alpha value is -1.15. The third-order valence-electron chi connectivity index (χ3n) is 3.01. The van der Waals surface area contributed by atoms with E-state index in [9.17, 15) is 0 Å². The quantitative estimate of drug-likeness (QED) is 0.486. The molecule has 1 fully saturated rings. The van der Waals surface area contributed by atoms with Crippen molar-refractivity contribution in [1.82, 2.24) is 21.3 Å². The maximum atomic E-state index is 5.82. The first-order valence-corrected chi connectivity index (χ1v) is 7.97. The van der Waals surface area contributed by atoms with E-state index in [-0.39, 0.29) is 0 Å². The van der Waals surface area contributed by atoms with Crippen LogP contribution in [-0.4, -0.2) is 28.3 Å². The first-order chi connectivity index (χ1) is 10.1. The van der Waals surface area contributed by atoms with Gasteiger partial charge in [0.15, 0.2) is 10.2 Å². The Balaban J connectivity index is 1.68. The highest BCUT2D eigenvalue weighted by atomic mass is 35.5. The predicted octanol–water partition coefficient (Wildman–Crippen LogP) is 2.41. The van der Waals surface area contributed by atoms with Gasteiger partial charge in [-0.25, -0.2) is 5.01 Å². The molecule has 5 nitrogen and oxygen atoms in total. The summed E-state index contributed by atoms with van der Waals surface area (Å²) in [6.07, 6.45) is 3.67. The largest absolute Gasteiger partial charge is 0.331 e. The highest BCUT2D eigenvalue weighted by Gasteiger charge is 2.10. The fourth-order valence-corrected chi connectivity index (χ4v) is 2.46. The molecule has 0 atom stereocenters. The van der Waals surface area contributed by atoms with E-state index in [1.165, 1.54) is 19.3 Å². The van der Waals surface area contributed by atoms with E-state index in [0.29, 0.717) is 15.2 Å². The minimum atomic E-state index is 0.431. The van der Waals surface area contributed by atoms with Crippen molar-refractivity contribution >= 4 is 51.9 Å². The van der Waals surface area contributed by atoms with Gasteiger partial charge in [-0.2, -0.15) is 0 Å². The molecular weight excluding hydrogens is 326 g/mol. The standard InChI is InChI=1S/C13H18ClN5S2/c14-10-4-6-11(7-5-10)15-12(20)16-17-13(21)18-19-8-2-1-3-9-19/h4-7H,1-3,8-9H2,(H2,15,16,20)(H2,17,18,21). The van der Waals surface area contributed by atoms with Crippen LogP contribution in [-0.2, 0) is 0 Å². The van der Waals surface area contributed by atoms with Crippen molar-refractivity contribution in [3.05, 3.63) is 29.3 Å². The molecule has 0 radical (unpaired) electrons. The second-order valence-electron chi connectivity index (χ2n) is 4.70. The van der Waals surface area contributed by atoms with E-state index in [0.717, 1.165) is 18.8 Å². The van der Waals surface area contributed by atoms with Gasteiger partial charge in [0.05, 0.1) is 0 Å². The van der Waals surface area contributed by atoms with Gasteiger partial charge in [-0.05, 0) is 61.5 Å². The van der Waals surface area contributed by atoms with Gasteiger partial charge in [-0.3, -0.25) is 16.3 Å². The van der Waals surface area contributed by atoms with Crippen molar-refractivity contribution in [2.24, 2.45) is 0 Å². The normalized spacial score (nSPS) is 15.1. The van der Waals surface area contributed by atoms with Crippen LogP contribution in [0.3, 0.4) is 0 Å². The summed E-state index contributed by atoms with van der Waals surface area (Å²) in [5, 5.41) is 6.75. The lowest BCUT2D eigenvalue weighted by atomic mass is 10.2. The number of piperidine rings is 1. The second-order valence-corrected chi connectivity index (χ2v) is 5.95. The fraction of sp³-hybridized carbons (Fsp3) is 0.385. The Bertz CT molecular complexity index is 488. The molecule has 2 rings (SSSR count). The summed E-state index contributed by atoms with van der Waals surface area (Å²) in [5.41, 5.74) is 9.69. The molecule has 114 valence electrons. The van der Waals surface area contributed by atoms with Gasteiger partial charge >= 0.3 is 0 Å². The number of nitrogens with one attached hydrogen (secondary N) is 4. The molecule has 1 heterocycles. The van der Waals surface area contributed by atoms with Crippen LogP contribution in [0.15, 0.2) is 24.3 Å². The zero-order valence-electron chi connectivity index (χ0n) is 11.5. The summed E-state index contributed by atoms with van der Waals surface area (Å²) in [6, 6.07) is 7.28. The SMILES string of the molecule is S=C(NNC(=S)NN1CCCCC1)Nc1ccc(Cl)cc1. The molecule has 0 bridgehead atoms. The molecule has 1 aliphatic heterocycles. The number of benzene rings is 1. The van der Waals surface area contributed by atoms with Crippen LogP contribution in [0.25, 0.3) is 0 Å². The van der Waals surface area contributed by atoms with Crippen molar-refractivity contribution in [2.75, 3.05) is 18.4 Å². The van der Waals surface area contributed by atoms with Gasteiger partial charge < -0.3 is 5.32 Å². The lowest BCUT2D eigenvalue weighted by molar-refractivity contribution is 0.193.